The van der Waals surface area contributed by atoms with Crippen molar-refractivity contribution in [1.29, 1.82) is 0 Å². The van der Waals surface area contributed by atoms with Crippen LogP contribution in [0.2, 0.25) is 0 Å². The first kappa shape index (κ1) is 20.6. The first-order valence-electron chi connectivity index (χ1n) is 9.87. The van der Waals surface area contributed by atoms with E-state index in [4.69, 9.17) is 0 Å². The number of anilines is 2. The van der Waals surface area contributed by atoms with Gasteiger partial charge in [-0.15, -0.1) is 0 Å². The molecule has 0 atom stereocenters. The van der Waals surface area contributed by atoms with E-state index in [1.54, 1.807) is 24.3 Å². The third kappa shape index (κ3) is 4.75. The number of aryl methyl sites for hydroxylation is 1. The van der Waals surface area contributed by atoms with E-state index in [-0.39, 0.29) is 17.2 Å². The Morgan fingerprint density at radius 3 is 2.26 bits per heavy atom. The summed E-state index contributed by atoms with van der Waals surface area (Å²) < 4.78 is 27.9. The van der Waals surface area contributed by atoms with Crippen LogP contribution in [0.3, 0.4) is 0 Å². The number of carbonyl (C=O) groups is 1. The predicted octanol–water partition coefficient (Wildman–Crippen LogP) is 5.13. The highest BCUT2D eigenvalue weighted by atomic mass is 32.2. The lowest BCUT2D eigenvalue weighted by molar-refractivity contribution is -0.115. The lowest BCUT2D eigenvalue weighted by Gasteiger charge is -2.11. The van der Waals surface area contributed by atoms with Crippen molar-refractivity contribution in [3.63, 3.8) is 0 Å². The Labute approximate surface area is 181 Å². The maximum Gasteiger partial charge on any atom is 0.261 e. The zero-order valence-corrected chi connectivity index (χ0v) is 17.8. The molecule has 4 aromatic carbocycles. The molecule has 0 fully saturated rings. The molecule has 31 heavy (non-hydrogen) atoms. The maximum absolute atomic E-state index is 12.7. The molecule has 0 radical (unpaired) electrons. The molecule has 0 aliphatic rings. The van der Waals surface area contributed by atoms with Crippen molar-refractivity contribution in [3.8, 4) is 0 Å². The summed E-state index contributed by atoms with van der Waals surface area (Å²) in [5, 5.41) is 4.97. The molecule has 2 N–H and O–H groups in total. The highest BCUT2D eigenvalue weighted by molar-refractivity contribution is 7.92. The third-order valence-corrected chi connectivity index (χ3v) is 6.45. The van der Waals surface area contributed by atoms with Gasteiger partial charge in [-0.2, -0.15) is 0 Å². The van der Waals surface area contributed by atoms with Crippen molar-refractivity contribution in [3.05, 3.63) is 102 Å². The fraction of sp³-hybridized carbons (Fsp3) is 0.0800. The lowest BCUT2D eigenvalue weighted by atomic mass is 10.0. The van der Waals surface area contributed by atoms with Gasteiger partial charge in [0.25, 0.3) is 10.0 Å². The molecule has 0 aliphatic carbocycles. The van der Waals surface area contributed by atoms with E-state index in [9.17, 15) is 13.2 Å². The summed E-state index contributed by atoms with van der Waals surface area (Å²) >= 11 is 0. The van der Waals surface area contributed by atoms with Gasteiger partial charge in [0.05, 0.1) is 17.0 Å². The second-order valence-electron chi connectivity index (χ2n) is 7.31. The van der Waals surface area contributed by atoms with Crippen molar-refractivity contribution in [2.24, 2.45) is 0 Å². The van der Waals surface area contributed by atoms with Crippen LogP contribution in [0.4, 0.5) is 11.4 Å². The second kappa shape index (κ2) is 8.62. The molecule has 0 saturated heterocycles. The summed E-state index contributed by atoms with van der Waals surface area (Å²) in [5.74, 6) is -0.162. The summed E-state index contributed by atoms with van der Waals surface area (Å²) in [6, 6.07) is 27.2. The number of hydrogen-bond donors (Lipinski definition) is 2. The molecular weight excluding hydrogens is 408 g/mol. The molecule has 0 aliphatic heterocycles. The smallest absolute Gasteiger partial charge is 0.261 e. The van der Waals surface area contributed by atoms with Crippen LogP contribution >= 0.6 is 0 Å². The van der Waals surface area contributed by atoms with Crippen LogP contribution < -0.4 is 10.0 Å². The van der Waals surface area contributed by atoms with Crippen molar-refractivity contribution >= 4 is 38.1 Å². The van der Waals surface area contributed by atoms with E-state index in [0.29, 0.717) is 11.4 Å². The van der Waals surface area contributed by atoms with Gasteiger partial charge in [0.15, 0.2) is 0 Å². The average molecular weight is 431 g/mol. The minimum atomic E-state index is -3.72. The van der Waals surface area contributed by atoms with Gasteiger partial charge < -0.3 is 5.32 Å². The highest BCUT2D eigenvalue weighted by Crippen LogP contribution is 2.22. The van der Waals surface area contributed by atoms with E-state index in [0.717, 1.165) is 21.9 Å². The van der Waals surface area contributed by atoms with Gasteiger partial charge in [-0.25, -0.2) is 8.42 Å². The van der Waals surface area contributed by atoms with Crippen LogP contribution in [0.15, 0.2) is 95.9 Å². The van der Waals surface area contributed by atoms with Gasteiger partial charge >= 0.3 is 0 Å². The largest absolute Gasteiger partial charge is 0.326 e. The molecule has 1 amide bonds. The number of carbonyl (C=O) groups excluding carboxylic acids is 1. The number of sulfonamides is 1. The normalized spacial score (nSPS) is 11.3. The van der Waals surface area contributed by atoms with Crippen LogP contribution in [0.5, 0.6) is 0 Å². The molecule has 0 unspecified atom stereocenters. The highest BCUT2D eigenvalue weighted by Gasteiger charge is 2.15. The van der Waals surface area contributed by atoms with E-state index < -0.39 is 10.0 Å². The van der Waals surface area contributed by atoms with Crippen LogP contribution in [0.1, 0.15) is 11.1 Å². The lowest BCUT2D eigenvalue weighted by Crippen LogP contribution is -2.16. The number of benzene rings is 4. The summed E-state index contributed by atoms with van der Waals surface area (Å²) in [7, 11) is -3.72. The quantitative estimate of drug-likeness (QED) is 0.445. The summed E-state index contributed by atoms with van der Waals surface area (Å²) in [6.45, 7) is 1.84. The maximum atomic E-state index is 12.7. The third-order valence-electron chi connectivity index (χ3n) is 5.07. The van der Waals surface area contributed by atoms with E-state index in [1.165, 1.54) is 12.1 Å². The first-order valence-corrected chi connectivity index (χ1v) is 11.4. The van der Waals surface area contributed by atoms with E-state index in [2.05, 4.69) is 10.0 Å². The Balaban J connectivity index is 1.45. The van der Waals surface area contributed by atoms with Crippen molar-refractivity contribution in [2.45, 2.75) is 18.2 Å². The minimum absolute atomic E-state index is 0.128. The van der Waals surface area contributed by atoms with Crippen LogP contribution in [-0.4, -0.2) is 14.3 Å². The molecule has 156 valence electrons. The molecular formula is C25H22N2O3S. The fourth-order valence-corrected chi connectivity index (χ4v) is 4.56. The molecule has 5 nitrogen and oxygen atoms in total. The van der Waals surface area contributed by atoms with Crippen LogP contribution in [-0.2, 0) is 21.2 Å². The van der Waals surface area contributed by atoms with Gasteiger partial charge in [0, 0.05) is 5.69 Å². The molecule has 6 heteroatoms. The van der Waals surface area contributed by atoms with E-state index >= 15 is 0 Å². The SMILES string of the molecule is Cc1ccccc1NS(=O)(=O)c1ccc(NC(=O)Cc2cccc3ccccc23)cc1. The molecule has 4 aromatic rings. The monoisotopic (exact) mass is 430 g/mol. The predicted molar refractivity (Wildman–Crippen MR) is 125 cm³/mol. The Morgan fingerprint density at radius 1 is 0.806 bits per heavy atom. The Bertz CT molecular complexity index is 1340. The molecule has 0 aromatic heterocycles. The molecule has 0 bridgehead atoms. The van der Waals surface area contributed by atoms with Gasteiger partial charge in [-0.1, -0.05) is 60.7 Å². The number of rotatable bonds is 6. The molecule has 0 heterocycles. The topological polar surface area (TPSA) is 75.3 Å². The number of para-hydroxylation sites is 1. The zero-order valence-electron chi connectivity index (χ0n) is 17.0. The van der Waals surface area contributed by atoms with Gasteiger partial charge in [-0.3, -0.25) is 9.52 Å². The van der Waals surface area contributed by atoms with Gasteiger partial charge in [0.1, 0.15) is 0 Å². The van der Waals surface area contributed by atoms with Crippen molar-refractivity contribution in [2.75, 3.05) is 10.0 Å². The average Bonchev–Trinajstić information content (AvgIpc) is 2.76. The minimum Gasteiger partial charge on any atom is -0.326 e. The molecule has 0 saturated carbocycles. The van der Waals surface area contributed by atoms with Gasteiger partial charge in [-0.05, 0) is 59.2 Å². The Hall–Kier alpha value is -3.64. The van der Waals surface area contributed by atoms with Crippen molar-refractivity contribution < 1.29 is 13.2 Å². The number of amides is 1. The number of hydrogen-bond acceptors (Lipinski definition) is 3. The van der Waals surface area contributed by atoms with Crippen molar-refractivity contribution in [1.82, 2.24) is 0 Å². The molecule has 4 rings (SSSR count). The fourth-order valence-electron chi connectivity index (χ4n) is 3.43. The summed E-state index contributed by atoms with van der Waals surface area (Å²) in [4.78, 5) is 12.7. The molecule has 0 spiro atoms. The summed E-state index contributed by atoms with van der Waals surface area (Å²) in [6.07, 6.45) is 0.232. The van der Waals surface area contributed by atoms with Crippen LogP contribution in [0.25, 0.3) is 10.8 Å². The van der Waals surface area contributed by atoms with Gasteiger partial charge in [0.2, 0.25) is 5.91 Å². The summed E-state index contributed by atoms with van der Waals surface area (Å²) in [5.41, 5.74) is 2.86. The number of fused-ring (bicyclic) bond motifs is 1. The second-order valence-corrected chi connectivity index (χ2v) is 8.99. The Morgan fingerprint density at radius 2 is 1.48 bits per heavy atom. The van der Waals surface area contributed by atoms with E-state index in [1.807, 2.05) is 61.5 Å². The zero-order chi connectivity index (χ0) is 21.8. The first-order chi connectivity index (χ1) is 14.9. The Kier molecular flexibility index (Phi) is 5.73. The standard InChI is InChI=1S/C25H22N2O3S/c1-18-7-2-5-12-24(18)27-31(29,30)22-15-13-21(14-16-22)26-25(28)17-20-10-6-9-19-8-3-4-11-23(19)20/h2-16,27H,17H2,1H3,(H,26,28). The van der Waals surface area contributed by atoms with Crippen LogP contribution in [0, 0.1) is 6.92 Å². The number of nitrogens with one attached hydrogen (secondary N) is 2.